The van der Waals surface area contributed by atoms with Crippen molar-refractivity contribution in [1.29, 1.82) is 0 Å². The summed E-state index contributed by atoms with van der Waals surface area (Å²) in [6.07, 6.45) is 2.04. The Morgan fingerprint density at radius 1 is 1.44 bits per heavy atom. The standard InChI is InChI=1S/C11H11BrN4/c1-15-7(5-13)6-16-9-4-2-3-8(12)10(9)14-11(15)16/h2-4,6H,5,13H2,1H3. The van der Waals surface area contributed by atoms with Crippen LogP contribution in [0.25, 0.3) is 16.8 Å². The number of hydrogen-bond donors (Lipinski definition) is 1. The molecule has 0 saturated heterocycles. The Kier molecular flexibility index (Phi) is 2.05. The Hall–Kier alpha value is -1.33. The summed E-state index contributed by atoms with van der Waals surface area (Å²) >= 11 is 3.51. The lowest BCUT2D eigenvalue weighted by atomic mass is 10.3. The number of nitrogens with zero attached hydrogens (tertiary/aromatic N) is 3. The molecule has 3 rings (SSSR count). The predicted molar refractivity (Wildman–Crippen MR) is 67.3 cm³/mol. The van der Waals surface area contributed by atoms with Crippen LogP contribution in [0.5, 0.6) is 0 Å². The second-order valence-corrected chi connectivity index (χ2v) is 4.63. The molecule has 0 radical (unpaired) electrons. The number of halogens is 1. The van der Waals surface area contributed by atoms with E-state index in [9.17, 15) is 0 Å². The number of benzene rings is 1. The molecule has 2 aromatic heterocycles. The summed E-state index contributed by atoms with van der Waals surface area (Å²) in [5.74, 6) is 0.919. The fourth-order valence-electron chi connectivity index (χ4n) is 1.99. The van der Waals surface area contributed by atoms with E-state index in [1.165, 1.54) is 0 Å². The van der Waals surface area contributed by atoms with Crippen LogP contribution in [0.1, 0.15) is 5.69 Å². The van der Waals surface area contributed by atoms with Gasteiger partial charge in [-0.1, -0.05) is 6.07 Å². The average molecular weight is 279 g/mol. The predicted octanol–water partition coefficient (Wildman–Crippen LogP) is 2.05. The molecule has 0 amide bonds. The van der Waals surface area contributed by atoms with Gasteiger partial charge in [-0.15, -0.1) is 0 Å². The number of nitrogens with two attached hydrogens (primary N) is 1. The van der Waals surface area contributed by atoms with Crippen molar-refractivity contribution in [3.63, 3.8) is 0 Å². The second kappa shape index (κ2) is 3.33. The van der Waals surface area contributed by atoms with Crippen molar-refractivity contribution in [3.8, 4) is 0 Å². The minimum Gasteiger partial charge on any atom is -0.325 e. The first-order valence-electron chi connectivity index (χ1n) is 5.03. The Bertz CT molecular complexity index is 680. The molecule has 82 valence electrons. The van der Waals surface area contributed by atoms with Crippen LogP contribution < -0.4 is 5.73 Å². The van der Waals surface area contributed by atoms with E-state index < -0.39 is 0 Å². The van der Waals surface area contributed by atoms with Crippen molar-refractivity contribution in [2.24, 2.45) is 12.8 Å². The Morgan fingerprint density at radius 2 is 2.25 bits per heavy atom. The first-order valence-corrected chi connectivity index (χ1v) is 5.82. The van der Waals surface area contributed by atoms with Gasteiger partial charge in [0, 0.05) is 24.3 Å². The minimum absolute atomic E-state index is 0.523. The van der Waals surface area contributed by atoms with Gasteiger partial charge in [0.25, 0.3) is 0 Å². The molecule has 2 N–H and O–H groups in total. The minimum atomic E-state index is 0.523. The third-order valence-corrected chi connectivity index (χ3v) is 3.51. The zero-order chi connectivity index (χ0) is 11.3. The molecule has 0 unspecified atom stereocenters. The molecule has 0 spiro atoms. The molecule has 3 aromatic rings. The Balaban J connectivity index is 2.50. The molecule has 0 aliphatic carbocycles. The van der Waals surface area contributed by atoms with Gasteiger partial charge in [-0.3, -0.25) is 4.40 Å². The highest BCUT2D eigenvalue weighted by Gasteiger charge is 2.11. The molecule has 0 saturated carbocycles. The highest BCUT2D eigenvalue weighted by atomic mass is 79.9. The summed E-state index contributed by atoms with van der Waals surface area (Å²) < 4.78 is 5.11. The molecule has 0 aliphatic rings. The van der Waals surface area contributed by atoms with Gasteiger partial charge in [-0.25, -0.2) is 4.98 Å². The maximum atomic E-state index is 5.68. The van der Waals surface area contributed by atoms with Gasteiger partial charge < -0.3 is 10.3 Å². The Labute approximate surface area is 101 Å². The van der Waals surface area contributed by atoms with Gasteiger partial charge in [0.1, 0.15) is 5.52 Å². The monoisotopic (exact) mass is 278 g/mol. The second-order valence-electron chi connectivity index (χ2n) is 3.77. The van der Waals surface area contributed by atoms with Crippen LogP contribution in [0.4, 0.5) is 0 Å². The lowest BCUT2D eigenvalue weighted by Crippen LogP contribution is -2.02. The van der Waals surface area contributed by atoms with Gasteiger partial charge in [-0.05, 0) is 28.1 Å². The summed E-state index contributed by atoms with van der Waals surface area (Å²) in [5.41, 5.74) is 8.83. The van der Waals surface area contributed by atoms with E-state index in [1.54, 1.807) is 0 Å². The topological polar surface area (TPSA) is 48.2 Å². The van der Waals surface area contributed by atoms with Crippen LogP contribution >= 0.6 is 15.9 Å². The van der Waals surface area contributed by atoms with E-state index in [4.69, 9.17) is 5.73 Å². The molecule has 4 nitrogen and oxygen atoms in total. The summed E-state index contributed by atoms with van der Waals surface area (Å²) in [5, 5.41) is 0. The third kappa shape index (κ3) is 1.15. The van der Waals surface area contributed by atoms with E-state index >= 15 is 0 Å². The highest BCUT2D eigenvalue weighted by Crippen LogP contribution is 2.25. The molecule has 5 heteroatoms. The van der Waals surface area contributed by atoms with Gasteiger partial charge in [0.15, 0.2) is 0 Å². The zero-order valence-corrected chi connectivity index (χ0v) is 10.4. The summed E-state index contributed by atoms with van der Waals surface area (Å²) in [6.45, 7) is 0.523. The molecule has 0 atom stereocenters. The van der Waals surface area contributed by atoms with Crippen LogP contribution in [0.15, 0.2) is 28.9 Å². The molecular weight excluding hydrogens is 268 g/mol. The number of fused-ring (bicyclic) bond motifs is 3. The molecule has 0 bridgehead atoms. The normalized spacial score (nSPS) is 11.7. The maximum absolute atomic E-state index is 5.68. The number of para-hydroxylation sites is 1. The average Bonchev–Trinajstić information content (AvgIpc) is 2.78. The molecule has 0 fully saturated rings. The van der Waals surface area contributed by atoms with Crippen molar-refractivity contribution in [1.82, 2.24) is 14.0 Å². The van der Waals surface area contributed by atoms with E-state index in [1.807, 2.05) is 29.9 Å². The van der Waals surface area contributed by atoms with Crippen LogP contribution in [0, 0.1) is 0 Å². The maximum Gasteiger partial charge on any atom is 0.215 e. The third-order valence-electron chi connectivity index (χ3n) is 2.87. The van der Waals surface area contributed by atoms with E-state index in [0.717, 1.165) is 27.0 Å². The molecule has 1 aromatic carbocycles. The van der Waals surface area contributed by atoms with Crippen LogP contribution in [0.3, 0.4) is 0 Å². The van der Waals surface area contributed by atoms with Crippen LogP contribution in [0.2, 0.25) is 0 Å². The number of rotatable bonds is 1. The number of aromatic nitrogens is 3. The number of hydrogen-bond acceptors (Lipinski definition) is 2. The van der Waals surface area contributed by atoms with Crippen LogP contribution in [-0.4, -0.2) is 14.0 Å². The SMILES string of the molecule is Cn1c(CN)cn2c3cccc(Br)c3nc12. The molecule has 0 aliphatic heterocycles. The largest absolute Gasteiger partial charge is 0.325 e. The molecular formula is C11H11BrN4. The molecule has 2 heterocycles. The van der Waals surface area contributed by atoms with Crippen molar-refractivity contribution in [2.45, 2.75) is 6.54 Å². The van der Waals surface area contributed by atoms with Crippen molar-refractivity contribution in [2.75, 3.05) is 0 Å². The summed E-state index contributed by atoms with van der Waals surface area (Å²) in [6, 6.07) is 6.06. The van der Waals surface area contributed by atoms with Crippen molar-refractivity contribution < 1.29 is 0 Å². The Morgan fingerprint density at radius 3 is 3.00 bits per heavy atom. The van der Waals surface area contributed by atoms with E-state index in [0.29, 0.717) is 6.54 Å². The summed E-state index contributed by atoms with van der Waals surface area (Å²) in [4.78, 5) is 4.61. The highest BCUT2D eigenvalue weighted by molar-refractivity contribution is 9.10. The zero-order valence-electron chi connectivity index (χ0n) is 8.81. The fraction of sp³-hybridized carbons (Fsp3) is 0.182. The van der Waals surface area contributed by atoms with Crippen molar-refractivity contribution in [3.05, 3.63) is 34.6 Å². The first-order chi connectivity index (χ1) is 7.72. The van der Waals surface area contributed by atoms with Crippen molar-refractivity contribution >= 4 is 32.7 Å². The van der Waals surface area contributed by atoms with Gasteiger partial charge in [0.05, 0.1) is 11.2 Å². The van der Waals surface area contributed by atoms with E-state index in [-0.39, 0.29) is 0 Å². The molecule has 16 heavy (non-hydrogen) atoms. The lowest BCUT2D eigenvalue weighted by Gasteiger charge is -1.96. The first kappa shape index (κ1) is 9.86. The van der Waals surface area contributed by atoms with Gasteiger partial charge in [0.2, 0.25) is 5.78 Å². The van der Waals surface area contributed by atoms with Gasteiger partial charge >= 0.3 is 0 Å². The quantitative estimate of drug-likeness (QED) is 0.741. The van der Waals surface area contributed by atoms with Crippen LogP contribution in [-0.2, 0) is 13.6 Å². The fourth-order valence-corrected chi connectivity index (χ4v) is 2.43. The number of imidazole rings is 2. The summed E-state index contributed by atoms with van der Waals surface area (Å²) in [7, 11) is 1.98. The lowest BCUT2D eigenvalue weighted by molar-refractivity contribution is 0.840. The number of aryl methyl sites for hydroxylation is 1. The van der Waals surface area contributed by atoms with Gasteiger partial charge in [-0.2, -0.15) is 0 Å². The van der Waals surface area contributed by atoms with E-state index in [2.05, 4.69) is 31.4 Å². The smallest absolute Gasteiger partial charge is 0.215 e.